The highest BCUT2D eigenvalue weighted by Crippen LogP contribution is 2.33. The Morgan fingerprint density at radius 1 is 1.38 bits per heavy atom. The molecule has 1 fully saturated rings. The molecule has 1 saturated heterocycles. The maximum atomic E-state index is 12.9. The SMILES string of the molecule is CONC(=O)C1C=CC2=C(N1)N(C(=O)Nc1ccccn1)[C@H]1CCN2C1. The summed E-state index contributed by atoms with van der Waals surface area (Å²) in [6.45, 7) is 1.65. The van der Waals surface area contributed by atoms with Crippen LogP contribution < -0.4 is 16.1 Å². The lowest BCUT2D eigenvalue weighted by atomic mass is 10.1. The second-order valence-electron chi connectivity index (χ2n) is 6.29. The molecular formula is C17H20N6O3. The summed E-state index contributed by atoms with van der Waals surface area (Å²) in [4.78, 5) is 37.8. The Labute approximate surface area is 150 Å². The molecule has 0 radical (unpaired) electrons. The molecule has 2 bridgehead atoms. The van der Waals surface area contributed by atoms with Crippen LogP contribution in [0.3, 0.4) is 0 Å². The maximum Gasteiger partial charge on any atom is 0.328 e. The van der Waals surface area contributed by atoms with Crippen molar-refractivity contribution in [3.05, 3.63) is 48.1 Å². The summed E-state index contributed by atoms with van der Waals surface area (Å²) in [7, 11) is 1.38. The molecule has 0 aromatic carbocycles. The molecule has 0 spiro atoms. The number of carbonyl (C=O) groups is 2. The molecule has 4 heterocycles. The number of allylic oxidation sites excluding steroid dienone is 1. The van der Waals surface area contributed by atoms with Gasteiger partial charge in [0.15, 0.2) is 0 Å². The number of nitrogens with one attached hydrogen (secondary N) is 3. The van der Waals surface area contributed by atoms with Crippen LogP contribution in [0.15, 0.2) is 48.1 Å². The quantitative estimate of drug-likeness (QED) is 0.677. The number of amides is 3. The Bertz CT molecular complexity index is 778. The highest BCUT2D eigenvalue weighted by Gasteiger charge is 2.42. The molecule has 2 atom stereocenters. The number of urea groups is 1. The molecule has 0 saturated carbocycles. The summed E-state index contributed by atoms with van der Waals surface area (Å²) in [5, 5.41) is 5.99. The molecule has 9 heteroatoms. The zero-order valence-corrected chi connectivity index (χ0v) is 14.3. The van der Waals surface area contributed by atoms with Crippen molar-refractivity contribution in [1.29, 1.82) is 0 Å². The first-order valence-electron chi connectivity index (χ1n) is 8.45. The Morgan fingerprint density at radius 2 is 2.27 bits per heavy atom. The van der Waals surface area contributed by atoms with Crippen LogP contribution in [0.5, 0.6) is 0 Å². The number of dihydropyridines is 1. The van der Waals surface area contributed by atoms with E-state index in [-0.39, 0.29) is 18.0 Å². The molecule has 3 N–H and O–H groups in total. The summed E-state index contributed by atoms with van der Waals surface area (Å²) in [6.07, 6.45) is 6.14. The highest BCUT2D eigenvalue weighted by atomic mass is 16.6. The first-order chi connectivity index (χ1) is 12.7. The van der Waals surface area contributed by atoms with Gasteiger partial charge in [-0.1, -0.05) is 12.1 Å². The van der Waals surface area contributed by atoms with Crippen LogP contribution >= 0.6 is 0 Å². The number of rotatable bonds is 3. The Morgan fingerprint density at radius 3 is 3.04 bits per heavy atom. The number of pyridine rings is 1. The lowest BCUT2D eigenvalue weighted by molar-refractivity contribution is -0.132. The standard InChI is InChI=1S/C17H20N6O3/c1-26-21-16(24)12-5-6-13-15(19-12)23(11-7-9-22(13)10-11)17(25)20-14-4-2-3-8-18-14/h2-6,8,11-12,19H,7,9-10H2,1H3,(H,21,24)(H,18,20,25)/t11-,12?/m0/s1. The molecule has 1 aromatic heterocycles. The van der Waals surface area contributed by atoms with Gasteiger partial charge in [0.2, 0.25) is 0 Å². The van der Waals surface area contributed by atoms with Crippen molar-refractivity contribution in [3.63, 3.8) is 0 Å². The third-order valence-electron chi connectivity index (χ3n) is 4.70. The van der Waals surface area contributed by atoms with E-state index in [1.54, 1.807) is 29.3 Å². The summed E-state index contributed by atoms with van der Waals surface area (Å²) in [6, 6.07) is 4.50. The van der Waals surface area contributed by atoms with E-state index in [9.17, 15) is 9.59 Å². The number of hydrogen-bond donors (Lipinski definition) is 3. The van der Waals surface area contributed by atoms with Gasteiger partial charge in [0.05, 0.1) is 18.8 Å². The van der Waals surface area contributed by atoms with Gasteiger partial charge in [-0.15, -0.1) is 0 Å². The van der Waals surface area contributed by atoms with Gasteiger partial charge in [-0.05, 0) is 24.6 Å². The van der Waals surface area contributed by atoms with Crippen LogP contribution in [0.1, 0.15) is 6.42 Å². The topological polar surface area (TPSA) is 98.8 Å². The number of hydroxylamine groups is 1. The van der Waals surface area contributed by atoms with Crippen molar-refractivity contribution >= 4 is 17.8 Å². The normalized spacial score (nSPS) is 23.4. The van der Waals surface area contributed by atoms with Gasteiger partial charge in [0, 0.05) is 19.3 Å². The lowest BCUT2D eigenvalue weighted by Crippen LogP contribution is -2.55. The third kappa shape index (κ3) is 2.86. The van der Waals surface area contributed by atoms with E-state index in [2.05, 4.69) is 26.0 Å². The molecule has 1 aromatic rings. The minimum absolute atomic E-state index is 0.0441. The van der Waals surface area contributed by atoms with Crippen LogP contribution in [0, 0.1) is 0 Å². The van der Waals surface area contributed by atoms with Crippen molar-refractivity contribution in [2.24, 2.45) is 0 Å². The minimum Gasteiger partial charge on any atom is -0.366 e. The maximum absolute atomic E-state index is 12.9. The van der Waals surface area contributed by atoms with Crippen LogP contribution in [0.25, 0.3) is 0 Å². The summed E-state index contributed by atoms with van der Waals surface area (Å²) < 4.78 is 0. The number of hydrogen-bond acceptors (Lipinski definition) is 6. The zero-order chi connectivity index (χ0) is 18.1. The van der Waals surface area contributed by atoms with Crippen molar-refractivity contribution < 1.29 is 14.4 Å². The molecular weight excluding hydrogens is 336 g/mol. The average molecular weight is 356 g/mol. The van der Waals surface area contributed by atoms with Gasteiger partial charge in [-0.3, -0.25) is 19.8 Å². The molecule has 1 unspecified atom stereocenters. The van der Waals surface area contributed by atoms with E-state index in [1.165, 1.54) is 7.11 Å². The average Bonchev–Trinajstić information content (AvgIpc) is 3.07. The summed E-state index contributed by atoms with van der Waals surface area (Å²) in [5.74, 6) is 0.791. The van der Waals surface area contributed by atoms with Gasteiger partial charge >= 0.3 is 6.03 Å². The molecule has 9 nitrogen and oxygen atoms in total. The molecule has 136 valence electrons. The van der Waals surface area contributed by atoms with Crippen molar-refractivity contribution in [2.75, 3.05) is 25.5 Å². The van der Waals surface area contributed by atoms with E-state index in [0.29, 0.717) is 11.6 Å². The van der Waals surface area contributed by atoms with Gasteiger partial charge in [0.25, 0.3) is 5.91 Å². The molecule has 3 aliphatic rings. The largest absolute Gasteiger partial charge is 0.366 e. The molecule has 4 rings (SSSR count). The first-order valence-corrected chi connectivity index (χ1v) is 8.45. The first kappa shape index (κ1) is 16.4. The number of nitrogens with zero attached hydrogens (tertiary/aromatic N) is 3. The van der Waals surface area contributed by atoms with E-state index >= 15 is 0 Å². The van der Waals surface area contributed by atoms with Gasteiger partial charge in [0.1, 0.15) is 17.7 Å². The van der Waals surface area contributed by atoms with Crippen LogP contribution in [0.2, 0.25) is 0 Å². The molecule has 26 heavy (non-hydrogen) atoms. The Kier molecular flexibility index (Phi) is 4.21. The Hall–Kier alpha value is -3.07. The second-order valence-corrected chi connectivity index (χ2v) is 6.29. The Balaban J connectivity index is 1.60. The number of carbonyl (C=O) groups excluding carboxylic acids is 2. The monoisotopic (exact) mass is 356 g/mol. The van der Waals surface area contributed by atoms with Gasteiger partial charge in [-0.2, -0.15) is 0 Å². The summed E-state index contributed by atoms with van der Waals surface area (Å²) in [5.41, 5.74) is 3.23. The highest BCUT2D eigenvalue weighted by molar-refractivity contribution is 5.90. The molecule has 0 aliphatic carbocycles. The van der Waals surface area contributed by atoms with E-state index in [1.807, 2.05) is 12.1 Å². The minimum atomic E-state index is -0.613. The number of anilines is 1. The van der Waals surface area contributed by atoms with E-state index in [4.69, 9.17) is 4.84 Å². The van der Waals surface area contributed by atoms with Crippen LogP contribution in [0.4, 0.5) is 10.6 Å². The van der Waals surface area contributed by atoms with Crippen molar-refractivity contribution in [2.45, 2.75) is 18.5 Å². The van der Waals surface area contributed by atoms with Crippen molar-refractivity contribution in [1.82, 2.24) is 25.6 Å². The molecule has 3 amide bonds. The van der Waals surface area contributed by atoms with E-state index < -0.39 is 6.04 Å². The van der Waals surface area contributed by atoms with Gasteiger partial charge < -0.3 is 10.2 Å². The number of fused-ring (bicyclic) bond motifs is 3. The second kappa shape index (κ2) is 6.68. The van der Waals surface area contributed by atoms with Crippen LogP contribution in [-0.4, -0.2) is 59.0 Å². The fraction of sp³-hybridized carbons (Fsp3) is 0.353. The summed E-state index contributed by atoms with van der Waals surface area (Å²) >= 11 is 0. The predicted octanol–water partition coefficient (Wildman–Crippen LogP) is 0.378. The third-order valence-corrected chi connectivity index (χ3v) is 4.70. The fourth-order valence-corrected chi connectivity index (χ4v) is 3.53. The molecule has 3 aliphatic heterocycles. The zero-order valence-electron chi connectivity index (χ0n) is 14.3. The van der Waals surface area contributed by atoms with Crippen LogP contribution in [-0.2, 0) is 9.63 Å². The predicted molar refractivity (Wildman–Crippen MR) is 93.3 cm³/mol. The smallest absolute Gasteiger partial charge is 0.328 e. The number of aromatic nitrogens is 1. The van der Waals surface area contributed by atoms with Crippen molar-refractivity contribution in [3.8, 4) is 0 Å². The fourth-order valence-electron chi connectivity index (χ4n) is 3.53. The van der Waals surface area contributed by atoms with E-state index in [0.717, 1.165) is 25.2 Å². The van der Waals surface area contributed by atoms with Gasteiger partial charge in [-0.25, -0.2) is 15.3 Å². The lowest BCUT2D eigenvalue weighted by Gasteiger charge is -2.40.